The Kier molecular flexibility index (Phi) is 4.83. The summed E-state index contributed by atoms with van der Waals surface area (Å²) >= 11 is 13.0. The minimum absolute atomic E-state index is 0.368. The normalized spacial score (nSPS) is 11.0. The Balaban J connectivity index is 2.27. The highest BCUT2D eigenvalue weighted by Gasteiger charge is 2.18. The summed E-state index contributed by atoms with van der Waals surface area (Å²) in [4.78, 5) is 14.5. The Bertz CT molecular complexity index is 931. The van der Waals surface area contributed by atoms with Crippen LogP contribution >= 0.6 is 23.2 Å². The number of anilines is 1. The van der Waals surface area contributed by atoms with Gasteiger partial charge in [-0.3, -0.25) is 0 Å². The Labute approximate surface area is 150 Å². The van der Waals surface area contributed by atoms with Crippen molar-refractivity contribution in [3.05, 3.63) is 62.9 Å². The largest absolute Gasteiger partial charge is 0.421 e. The second-order valence-electron chi connectivity index (χ2n) is 5.43. The fourth-order valence-corrected chi connectivity index (χ4v) is 3.58. The fraction of sp³-hybridized carbons (Fsp3) is 0.211. The predicted molar refractivity (Wildman–Crippen MR) is 102 cm³/mol. The Morgan fingerprint density at radius 3 is 2.33 bits per heavy atom. The molecule has 3 nitrogen and oxygen atoms in total. The molecule has 124 valence electrons. The average molecular weight is 362 g/mol. The van der Waals surface area contributed by atoms with Crippen LogP contribution in [-0.4, -0.2) is 13.1 Å². The molecule has 3 aromatic rings. The molecule has 0 N–H and O–H groups in total. The molecule has 1 heterocycles. The molecule has 0 aliphatic carbocycles. The number of hydrogen-bond acceptors (Lipinski definition) is 3. The molecule has 3 rings (SSSR count). The average Bonchev–Trinajstić information content (AvgIpc) is 2.59. The van der Waals surface area contributed by atoms with E-state index in [2.05, 4.69) is 0 Å². The second kappa shape index (κ2) is 6.88. The van der Waals surface area contributed by atoms with Crippen LogP contribution < -0.4 is 10.5 Å². The lowest BCUT2D eigenvalue weighted by atomic mass is 10.1. The van der Waals surface area contributed by atoms with Crippen molar-refractivity contribution in [2.45, 2.75) is 13.8 Å². The van der Waals surface area contributed by atoms with Gasteiger partial charge >= 0.3 is 5.63 Å². The second-order valence-corrected chi connectivity index (χ2v) is 6.21. The predicted octanol–water partition coefficient (Wildman–Crippen LogP) is 5.61. The van der Waals surface area contributed by atoms with Gasteiger partial charge in [0.1, 0.15) is 5.02 Å². The summed E-state index contributed by atoms with van der Waals surface area (Å²) in [7, 11) is 0. The quantitative estimate of drug-likeness (QED) is 0.566. The summed E-state index contributed by atoms with van der Waals surface area (Å²) in [6.07, 6.45) is 0. The zero-order valence-corrected chi connectivity index (χ0v) is 15.0. The minimum Gasteiger partial charge on any atom is -0.421 e. The first-order chi connectivity index (χ1) is 11.6. The zero-order chi connectivity index (χ0) is 17.3. The molecule has 0 radical (unpaired) electrons. The number of rotatable bonds is 4. The van der Waals surface area contributed by atoms with Gasteiger partial charge in [0.2, 0.25) is 0 Å². The molecule has 2 aromatic carbocycles. The molecule has 0 fully saturated rings. The van der Waals surface area contributed by atoms with Gasteiger partial charge in [0.15, 0.2) is 5.58 Å². The Morgan fingerprint density at radius 2 is 1.71 bits per heavy atom. The van der Waals surface area contributed by atoms with Crippen molar-refractivity contribution in [2.75, 3.05) is 18.0 Å². The van der Waals surface area contributed by atoms with Crippen LogP contribution in [0.2, 0.25) is 10.0 Å². The first-order valence-electron chi connectivity index (χ1n) is 7.83. The van der Waals surface area contributed by atoms with Gasteiger partial charge in [-0.05, 0) is 31.5 Å². The molecule has 1 aromatic heterocycles. The van der Waals surface area contributed by atoms with Gasteiger partial charge in [0.25, 0.3) is 0 Å². The van der Waals surface area contributed by atoms with E-state index in [-0.39, 0.29) is 0 Å². The third kappa shape index (κ3) is 2.90. The maximum absolute atomic E-state index is 12.4. The van der Waals surface area contributed by atoms with Gasteiger partial charge in [-0.25, -0.2) is 4.79 Å². The molecular weight excluding hydrogens is 345 g/mol. The summed E-state index contributed by atoms with van der Waals surface area (Å²) in [5.41, 5.74) is 1.95. The lowest BCUT2D eigenvalue weighted by molar-refractivity contribution is 0.563. The number of benzene rings is 2. The molecule has 0 atom stereocenters. The maximum Gasteiger partial charge on any atom is 0.344 e. The van der Waals surface area contributed by atoms with E-state index in [9.17, 15) is 4.79 Å². The van der Waals surface area contributed by atoms with Crippen molar-refractivity contribution < 1.29 is 4.42 Å². The van der Waals surface area contributed by atoms with Crippen LogP contribution in [0.25, 0.3) is 22.1 Å². The van der Waals surface area contributed by atoms with Crippen molar-refractivity contribution in [3.63, 3.8) is 0 Å². The van der Waals surface area contributed by atoms with Crippen LogP contribution in [0.5, 0.6) is 0 Å². The molecular formula is C19H17Cl2NO2. The van der Waals surface area contributed by atoms with Gasteiger partial charge in [-0.15, -0.1) is 0 Å². The van der Waals surface area contributed by atoms with E-state index in [1.54, 1.807) is 12.1 Å². The fourth-order valence-electron chi connectivity index (χ4n) is 2.83. The van der Waals surface area contributed by atoms with Gasteiger partial charge < -0.3 is 9.32 Å². The lowest BCUT2D eigenvalue weighted by Crippen LogP contribution is -2.22. The summed E-state index contributed by atoms with van der Waals surface area (Å²) in [5, 5.41) is 1.63. The molecule has 0 saturated carbocycles. The summed E-state index contributed by atoms with van der Waals surface area (Å²) in [6, 6.07) is 13.0. The molecule has 0 aliphatic rings. The number of hydrogen-bond donors (Lipinski definition) is 0. The van der Waals surface area contributed by atoms with E-state index in [1.807, 2.05) is 49.1 Å². The lowest BCUT2D eigenvalue weighted by Gasteiger charge is -2.24. The van der Waals surface area contributed by atoms with Gasteiger partial charge in [-0.2, -0.15) is 0 Å². The van der Waals surface area contributed by atoms with Crippen LogP contribution in [0.1, 0.15) is 13.8 Å². The van der Waals surface area contributed by atoms with E-state index < -0.39 is 5.63 Å². The van der Waals surface area contributed by atoms with Crippen LogP contribution in [0.4, 0.5) is 5.69 Å². The third-order valence-corrected chi connectivity index (χ3v) is 4.70. The van der Waals surface area contributed by atoms with Gasteiger partial charge in [0.05, 0.1) is 16.3 Å². The SMILES string of the molecule is CCN(CC)c1c(Cl)cc2cc(-c3ccccc3)c(=O)oc2c1Cl. The van der Waals surface area contributed by atoms with Crippen molar-refractivity contribution in [1.29, 1.82) is 0 Å². The highest BCUT2D eigenvalue weighted by molar-refractivity contribution is 6.42. The summed E-state index contributed by atoms with van der Waals surface area (Å²) in [5.74, 6) is 0. The first kappa shape index (κ1) is 16.9. The molecule has 24 heavy (non-hydrogen) atoms. The van der Waals surface area contributed by atoms with Crippen LogP contribution in [0.3, 0.4) is 0 Å². The summed E-state index contributed by atoms with van der Waals surface area (Å²) < 4.78 is 5.54. The first-order valence-corrected chi connectivity index (χ1v) is 8.58. The Hall–Kier alpha value is -1.97. The van der Waals surface area contributed by atoms with E-state index in [0.29, 0.717) is 32.3 Å². The Morgan fingerprint density at radius 1 is 1.04 bits per heavy atom. The highest BCUT2D eigenvalue weighted by atomic mass is 35.5. The van der Waals surface area contributed by atoms with Gasteiger partial charge in [0, 0.05) is 18.5 Å². The standard InChI is InChI=1S/C19H17Cl2NO2/c1-3-22(4-2)17-15(20)11-13-10-14(12-8-6-5-7-9-12)19(23)24-18(13)16(17)21/h5-11H,3-4H2,1-2H3. The van der Waals surface area contributed by atoms with Crippen molar-refractivity contribution in [2.24, 2.45) is 0 Å². The maximum atomic E-state index is 12.4. The zero-order valence-electron chi connectivity index (χ0n) is 13.5. The number of fused-ring (bicyclic) bond motifs is 1. The molecule has 0 unspecified atom stereocenters. The molecule has 0 spiro atoms. The smallest absolute Gasteiger partial charge is 0.344 e. The molecule has 0 amide bonds. The summed E-state index contributed by atoms with van der Waals surface area (Å²) in [6.45, 7) is 5.56. The van der Waals surface area contributed by atoms with Gasteiger partial charge in [-0.1, -0.05) is 53.5 Å². The highest BCUT2D eigenvalue weighted by Crippen LogP contribution is 2.40. The van der Waals surface area contributed by atoms with Crippen LogP contribution in [0.15, 0.2) is 51.7 Å². The monoisotopic (exact) mass is 361 g/mol. The molecule has 0 aliphatic heterocycles. The van der Waals surface area contributed by atoms with E-state index in [1.165, 1.54) is 0 Å². The topological polar surface area (TPSA) is 33.5 Å². The minimum atomic E-state index is -0.414. The molecule has 5 heteroatoms. The van der Waals surface area contributed by atoms with E-state index in [0.717, 1.165) is 18.7 Å². The number of nitrogens with zero attached hydrogens (tertiary/aromatic N) is 1. The van der Waals surface area contributed by atoms with Crippen LogP contribution in [-0.2, 0) is 0 Å². The van der Waals surface area contributed by atoms with E-state index in [4.69, 9.17) is 27.6 Å². The molecule has 0 saturated heterocycles. The van der Waals surface area contributed by atoms with E-state index >= 15 is 0 Å². The van der Waals surface area contributed by atoms with Crippen molar-refractivity contribution >= 4 is 39.9 Å². The number of halogens is 2. The third-order valence-electron chi connectivity index (χ3n) is 4.06. The molecule has 0 bridgehead atoms. The van der Waals surface area contributed by atoms with Crippen molar-refractivity contribution in [3.8, 4) is 11.1 Å². The van der Waals surface area contributed by atoms with Crippen molar-refractivity contribution in [1.82, 2.24) is 0 Å². The van der Waals surface area contributed by atoms with Crippen LogP contribution in [0, 0.1) is 0 Å².